The molecule has 1 aromatic heterocycles. The first-order chi connectivity index (χ1) is 10.4. The standard InChI is InChI=1S/C19H18N2/c1-3-8-14(9-4-1)20-19-17-12-7-11-15(17)16-10-5-2-6-13-18(16)21-19/h1-5,8-10,13H,6-7,11-12H2,(H,20,21). The largest absolute Gasteiger partial charge is 0.340 e. The third-order valence-electron chi connectivity index (χ3n) is 4.22. The summed E-state index contributed by atoms with van der Waals surface area (Å²) < 4.78 is 0. The van der Waals surface area contributed by atoms with Crippen LogP contribution in [0.4, 0.5) is 11.5 Å². The second-order valence-electron chi connectivity index (χ2n) is 5.60. The van der Waals surface area contributed by atoms with Crippen LogP contribution in [0, 0.1) is 0 Å². The zero-order chi connectivity index (χ0) is 14.1. The van der Waals surface area contributed by atoms with Crippen molar-refractivity contribution in [2.24, 2.45) is 0 Å². The van der Waals surface area contributed by atoms with Gasteiger partial charge in [-0.05, 0) is 48.9 Å². The zero-order valence-electron chi connectivity index (χ0n) is 12.0. The molecule has 0 unspecified atom stereocenters. The second-order valence-corrected chi connectivity index (χ2v) is 5.60. The van der Waals surface area contributed by atoms with Crippen LogP contribution in [0.3, 0.4) is 0 Å². The number of hydrogen-bond donors (Lipinski definition) is 1. The van der Waals surface area contributed by atoms with Crippen molar-refractivity contribution in [2.75, 3.05) is 5.32 Å². The van der Waals surface area contributed by atoms with Gasteiger partial charge in [0.05, 0.1) is 5.35 Å². The van der Waals surface area contributed by atoms with E-state index in [0.717, 1.165) is 29.7 Å². The fourth-order valence-corrected chi connectivity index (χ4v) is 3.23. The molecular weight excluding hydrogens is 256 g/mol. The average molecular weight is 274 g/mol. The zero-order valence-corrected chi connectivity index (χ0v) is 12.0. The molecule has 2 heteroatoms. The number of para-hydroxylation sites is 1. The number of allylic oxidation sites excluding steroid dienone is 2. The molecule has 0 fully saturated rings. The van der Waals surface area contributed by atoms with Gasteiger partial charge in [-0.1, -0.05) is 42.5 Å². The second kappa shape index (κ2) is 5.21. The normalized spacial score (nSPS) is 15.4. The Hall–Kier alpha value is -2.35. The Labute approximate surface area is 124 Å². The predicted octanol–water partition coefficient (Wildman–Crippen LogP) is 2.83. The van der Waals surface area contributed by atoms with Crippen molar-refractivity contribution < 1.29 is 0 Å². The van der Waals surface area contributed by atoms with E-state index in [2.05, 4.69) is 53.9 Å². The number of pyridine rings is 1. The van der Waals surface area contributed by atoms with Crippen molar-refractivity contribution in [1.82, 2.24) is 4.98 Å². The van der Waals surface area contributed by atoms with E-state index in [1.54, 1.807) is 0 Å². The topological polar surface area (TPSA) is 24.9 Å². The number of nitrogens with zero attached hydrogens (tertiary/aromatic N) is 1. The first-order valence-corrected chi connectivity index (χ1v) is 7.63. The van der Waals surface area contributed by atoms with E-state index in [0.29, 0.717) is 0 Å². The summed E-state index contributed by atoms with van der Waals surface area (Å²) >= 11 is 0. The lowest BCUT2D eigenvalue weighted by molar-refractivity contribution is 0.910. The average Bonchev–Trinajstić information content (AvgIpc) is 2.89. The summed E-state index contributed by atoms with van der Waals surface area (Å²) in [4.78, 5) is 4.90. The van der Waals surface area contributed by atoms with E-state index >= 15 is 0 Å². The molecule has 1 aromatic carbocycles. The molecule has 2 aliphatic carbocycles. The van der Waals surface area contributed by atoms with Crippen molar-refractivity contribution in [2.45, 2.75) is 25.7 Å². The van der Waals surface area contributed by atoms with Crippen molar-refractivity contribution in [3.8, 4) is 0 Å². The van der Waals surface area contributed by atoms with Crippen LogP contribution in [-0.2, 0) is 12.8 Å². The lowest BCUT2D eigenvalue weighted by Gasteiger charge is -2.11. The summed E-state index contributed by atoms with van der Waals surface area (Å²) in [5.41, 5.74) is 3.99. The Morgan fingerprint density at radius 3 is 2.76 bits per heavy atom. The minimum atomic E-state index is 0.958. The van der Waals surface area contributed by atoms with Crippen LogP contribution in [-0.4, -0.2) is 4.98 Å². The molecule has 0 atom stereocenters. The quantitative estimate of drug-likeness (QED) is 0.911. The molecule has 0 aliphatic heterocycles. The number of anilines is 2. The van der Waals surface area contributed by atoms with Crippen LogP contribution >= 0.6 is 0 Å². The summed E-state index contributed by atoms with van der Waals surface area (Å²) in [5.74, 6) is 1.04. The third kappa shape index (κ3) is 2.27. The number of rotatable bonds is 2. The summed E-state index contributed by atoms with van der Waals surface area (Å²) in [5, 5.41) is 5.96. The van der Waals surface area contributed by atoms with Gasteiger partial charge >= 0.3 is 0 Å². The first-order valence-electron chi connectivity index (χ1n) is 7.63. The maximum Gasteiger partial charge on any atom is 0.134 e. The lowest BCUT2D eigenvalue weighted by Crippen LogP contribution is -2.32. The van der Waals surface area contributed by atoms with Crippen LogP contribution < -0.4 is 15.9 Å². The Morgan fingerprint density at radius 1 is 1.00 bits per heavy atom. The highest BCUT2D eigenvalue weighted by Gasteiger charge is 2.18. The van der Waals surface area contributed by atoms with E-state index in [-0.39, 0.29) is 0 Å². The molecule has 21 heavy (non-hydrogen) atoms. The Morgan fingerprint density at radius 2 is 1.86 bits per heavy atom. The molecule has 2 aromatic rings. The summed E-state index contributed by atoms with van der Waals surface area (Å²) in [6.07, 6.45) is 13.3. The minimum Gasteiger partial charge on any atom is -0.340 e. The van der Waals surface area contributed by atoms with Gasteiger partial charge in [-0.3, -0.25) is 0 Å². The van der Waals surface area contributed by atoms with Gasteiger partial charge in [0.25, 0.3) is 0 Å². The fourth-order valence-electron chi connectivity index (χ4n) is 3.23. The molecule has 104 valence electrons. The number of benzene rings is 1. The van der Waals surface area contributed by atoms with E-state index in [4.69, 9.17) is 4.98 Å². The number of aromatic nitrogens is 1. The highest BCUT2D eigenvalue weighted by atomic mass is 15.0. The summed E-state index contributed by atoms with van der Waals surface area (Å²) in [6.45, 7) is 0. The van der Waals surface area contributed by atoms with E-state index in [9.17, 15) is 0 Å². The van der Waals surface area contributed by atoms with Gasteiger partial charge in [-0.15, -0.1) is 0 Å². The Kier molecular flexibility index (Phi) is 3.07. The van der Waals surface area contributed by atoms with Crippen LogP contribution in [0.15, 0.2) is 42.5 Å². The molecule has 1 heterocycles. The van der Waals surface area contributed by atoms with Crippen molar-refractivity contribution in [3.05, 3.63) is 64.2 Å². The molecule has 0 amide bonds. The number of fused-ring (bicyclic) bond motifs is 3. The molecular formula is C19H18N2. The monoisotopic (exact) mass is 274 g/mol. The maximum atomic E-state index is 4.90. The molecule has 4 rings (SSSR count). The molecule has 2 aliphatic rings. The molecule has 2 nitrogen and oxygen atoms in total. The Bertz CT molecular complexity index is 817. The lowest BCUT2D eigenvalue weighted by atomic mass is 10.1. The van der Waals surface area contributed by atoms with Gasteiger partial charge in [0, 0.05) is 10.9 Å². The molecule has 0 saturated heterocycles. The molecule has 0 radical (unpaired) electrons. The van der Waals surface area contributed by atoms with Gasteiger partial charge in [0.2, 0.25) is 0 Å². The van der Waals surface area contributed by atoms with Crippen molar-refractivity contribution in [1.29, 1.82) is 0 Å². The third-order valence-corrected chi connectivity index (χ3v) is 4.22. The maximum absolute atomic E-state index is 4.90. The highest BCUT2D eigenvalue weighted by molar-refractivity contribution is 5.63. The van der Waals surface area contributed by atoms with E-state index < -0.39 is 0 Å². The Balaban J connectivity index is 1.89. The van der Waals surface area contributed by atoms with Crippen LogP contribution in [0.1, 0.15) is 24.0 Å². The van der Waals surface area contributed by atoms with Crippen LogP contribution in [0.2, 0.25) is 0 Å². The predicted molar refractivity (Wildman–Crippen MR) is 87.9 cm³/mol. The van der Waals surface area contributed by atoms with E-state index in [1.807, 2.05) is 6.07 Å². The van der Waals surface area contributed by atoms with Crippen LogP contribution in [0.5, 0.6) is 0 Å². The highest BCUT2D eigenvalue weighted by Crippen LogP contribution is 2.26. The first kappa shape index (κ1) is 12.4. The SMILES string of the molecule is C1=CCC=c2nc(Nc3ccccc3)c3c(c2=C1)CCC3. The molecule has 0 bridgehead atoms. The molecule has 0 saturated carbocycles. The van der Waals surface area contributed by atoms with Gasteiger partial charge in [0.15, 0.2) is 0 Å². The van der Waals surface area contributed by atoms with Gasteiger partial charge in [-0.2, -0.15) is 0 Å². The number of nitrogens with one attached hydrogen (secondary N) is 1. The van der Waals surface area contributed by atoms with Gasteiger partial charge in [-0.25, -0.2) is 4.98 Å². The van der Waals surface area contributed by atoms with Crippen molar-refractivity contribution in [3.63, 3.8) is 0 Å². The molecule has 1 N–H and O–H groups in total. The summed E-state index contributed by atoms with van der Waals surface area (Å²) in [7, 11) is 0. The smallest absolute Gasteiger partial charge is 0.134 e. The fraction of sp³-hybridized carbons (Fsp3) is 0.211. The number of hydrogen-bond acceptors (Lipinski definition) is 2. The van der Waals surface area contributed by atoms with E-state index in [1.165, 1.54) is 29.2 Å². The van der Waals surface area contributed by atoms with Gasteiger partial charge in [0.1, 0.15) is 5.82 Å². The summed E-state index contributed by atoms with van der Waals surface area (Å²) in [6, 6.07) is 10.3. The van der Waals surface area contributed by atoms with Gasteiger partial charge < -0.3 is 5.32 Å². The van der Waals surface area contributed by atoms with Crippen LogP contribution in [0.25, 0.3) is 12.2 Å². The molecule has 0 spiro atoms. The minimum absolute atomic E-state index is 0.958. The van der Waals surface area contributed by atoms with Crippen molar-refractivity contribution >= 4 is 23.7 Å².